The van der Waals surface area contributed by atoms with Crippen LogP contribution in [0.2, 0.25) is 10.3 Å². The second-order valence-corrected chi connectivity index (χ2v) is 3.51. The maximum Gasteiger partial charge on any atom is 0.224 e. The van der Waals surface area contributed by atoms with E-state index >= 15 is 0 Å². The molecule has 15 heavy (non-hydrogen) atoms. The monoisotopic (exact) mass is 243 g/mol. The molecule has 0 aliphatic heterocycles. The Hall–Kier alpha value is -1.26. The highest BCUT2D eigenvalue weighted by atomic mass is 35.5. The number of hydrogen-bond acceptors (Lipinski definition) is 4. The molecule has 6 heteroatoms. The molecule has 0 spiro atoms. The Kier molecular flexibility index (Phi) is 3.08. The van der Waals surface area contributed by atoms with Crippen LogP contribution in [-0.4, -0.2) is 9.97 Å². The topological polar surface area (TPSA) is 51.0 Å². The van der Waals surface area contributed by atoms with E-state index in [1.165, 1.54) is 6.20 Å². The summed E-state index contributed by atoms with van der Waals surface area (Å²) in [5.74, 6) is 1.29. The van der Waals surface area contributed by atoms with E-state index in [0.29, 0.717) is 17.4 Å². The minimum absolute atomic E-state index is 0.154. The van der Waals surface area contributed by atoms with E-state index in [2.05, 4.69) is 15.3 Å². The highest BCUT2D eigenvalue weighted by Crippen LogP contribution is 2.19. The van der Waals surface area contributed by atoms with Crippen LogP contribution in [0.3, 0.4) is 0 Å². The Morgan fingerprint density at radius 2 is 2.27 bits per heavy atom. The molecule has 0 bridgehead atoms. The van der Waals surface area contributed by atoms with Gasteiger partial charge in [0.25, 0.3) is 0 Å². The molecule has 0 fully saturated rings. The van der Waals surface area contributed by atoms with Crippen molar-refractivity contribution in [3.8, 4) is 0 Å². The summed E-state index contributed by atoms with van der Waals surface area (Å²) in [5.41, 5.74) is 0. The van der Waals surface area contributed by atoms with Crippen LogP contribution in [-0.2, 0) is 6.54 Å². The van der Waals surface area contributed by atoms with Gasteiger partial charge in [-0.15, -0.1) is 0 Å². The third kappa shape index (κ3) is 2.61. The molecule has 0 amide bonds. The van der Waals surface area contributed by atoms with Gasteiger partial charge >= 0.3 is 0 Å². The van der Waals surface area contributed by atoms with Gasteiger partial charge in [-0.3, -0.25) is 0 Å². The van der Waals surface area contributed by atoms with Gasteiger partial charge in [0.2, 0.25) is 5.28 Å². The first-order valence-electron chi connectivity index (χ1n) is 4.20. The van der Waals surface area contributed by atoms with Crippen molar-refractivity contribution in [1.82, 2.24) is 9.97 Å². The molecule has 0 aliphatic carbocycles. The fraction of sp³-hybridized carbons (Fsp3) is 0.111. The zero-order valence-electron chi connectivity index (χ0n) is 7.58. The molecule has 78 valence electrons. The Morgan fingerprint density at radius 3 is 3.00 bits per heavy atom. The largest absolute Gasteiger partial charge is 0.467 e. The zero-order chi connectivity index (χ0) is 10.7. The zero-order valence-corrected chi connectivity index (χ0v) is 9.09. The molecule has 0 radical (unpaired) electrons. The lowest BCUT2D eigenvalue weighted by Crippen LogP contribution is -2.01. The number of anilines is 1. The van der Waals surface area contributed by atoms with E-state index in [9.17, 15) is 0 Å². The van der Waals surface area contributed by atoms with Crippen molar-refractivity contribution >= 4 is 29.0 Å². The molecule has 0 unspecified atom stereocenters. The molecular weight excluding hydrogens is 237 g/mol. The summed E-state index contributed by atoms with van der Waals surface area (Å²) in [6.45, 7) is 0.500. The van der Waals surface area contributed by atoms with Gasteiger partial charge in [0.05, 0.1) is 19.0 Å². The van der Waals surface area contributed by atoms with Crippen LogP contribution in [0.4, 0.5) is 5.82 Å². The second kappa shape index (κ2) is 4.51. The van der Waals surface area contributed by atoms with E-state index in [-0.39, 0.29) is 5.28 Å². The van der Waals surface area contributed by atoms with E-state index in [4.69, 9.17) is 27.6 Å². The molecule has 0 aliphatic rings. The van der Waals surface area contributed by atoms with Crippen molar-refractivity contribution in [3.05, 3.63) is 40.7 Å². The first kappa shape index (κ1) is 10.3. The predicted octanol–water partition coefficient (Wildman–Crippen LogP) is 2.99. The van der Waals surface area contributed by atoms with Crippen molar-refractivity contribution < 1.29 is 4.42 Å². The van der Waals surface area contributed by atoms with Crippen molar-refractivity contribution in [2.24, 2.45) is 0 Å². The second-order valence-electron chi connectivity index (χ2n) is 2.77. The van der Waals surface area contributed by atoms with Crippen LogP contribution in [0, 0.1) is 0 Å². The summed E-state index contributed by atoms with van der Waals surface area (Å²) in [6.07, 6.45) is 3.05. The number of nitrogens with one attached hydrogen (secondary N) is 1. The molecule has 2 aromatic heterocycles. The van der Waals surface area contributed by atoms with Gasteiger partial charge in [-0.25, -0.2) is 4.98 Å². The number of hydrogen-bond donors (Lipinski definition) is 1. The fourth-order valence-electron chi connectivity index (χ4n) is 1.05. The van der Waals surface area contributed by atoms with Gasteiger partial charge in [0, 0.05) is 0 Å². The van der Waals surface area contributed by atoms with E-state index in [1.54, 1.807) is 6.26 Å². The van der Waals surface area contributed by atoms with Gasteiger partial charge in [-0.05, 0) is 23.7 Å². The van der Waals surface area contributed by atoms with Gasteiger partial charge in [-0.2, -0.15) is 4.98 Å². The Bertz CT molecular complexity index is 445. The first-order valence-corrected chi connectivity index (χ1v) is 4.95. The molecule has 0 saturated carbocycles. The molecular formula is C9H7Cl2N3O. The van der Waals surface area contributed by atoms with Gasteiger partial charge in [-0.1, -0.05) is 11.6 Å². The number of aromatic nitrogens is 2. The van der Waals surface area contributed by atoms with Gasteiger partial charge < -0.3 is 9.73 Å². The molecule has 0 aromatic carbocycles. The molecule has 0 atom stereocenters. The van der Waals surface area contributed by atoms with Crippen LogP contribution in [0.25, 0.3) is 0 Å². The lowest BCUT2D eigenvalue weighted by Gasteiger charge is -2.04. The SMILES string of the molecule is Clc1ncc(Cl)c(NCc2ccco2)n1. The maximum atomic E-state index is 5.86. The normalized spacial score (nSPS) is 10.3. The summed E-state index contributed by atoms with van der Waals surface area (Å²) in [4.78, 5) is 7.69. The summed E-state index contributed by atoms with van der Waals surface area (Å²) in [6, 6.07) is 3.66. The highest BCUT2D eigenvalue weighted by Gasteiger charge is 2.04. The van der Waals surface area contributed by atoms with Crippen LogP contribution in [0.15, 0.2) is 29.0 Å². The summed E-state index contributed by atoms with van der Waals surface area (Å²) in [5, 5.41) is 3.57. The van der Waals surface area contributed by atoms with E-state index in [1.807, 2.05) is 12.1 Å². The minimum Gasteiger partial charge on any atom is -0.467 e. The standard InChI is InChI=1S/C9H7Cl2N3O/c10-7-5-13-9(11)14-8(7)12-4-6-2-1-3-15-6/h1-3,5H,4H2,(H,12,13,14). The summed E-state index contributed by atoms with van der Waals surface area (Å²) >= 11 is 11.5. The highest BCUT2D eigenvalue weighted by molar-refractivity contribution is 6.33. The lowest BCUT2D eigenvalue weighted by atomic mass is 10.4. The van der Waals surface area contributed by atoms with Gasteiger partial charge in [0.1, 0.15) is 16.6 Å². The summed E-state index contributed by atoms with van der Waals surface area (Å²) in [7, 11) is 0. The quantitative estimate of drug-likeness (QED) is 0.843. The van der Waals surface area contributed by atoms with Crippen molar-refractivity contribution in [2.75, 3.05) is 5.32 Å². The van der Waals surface area contributed by atoms with Crippen molar-refractivity contribution in [3.63, 3.8) is 0 Å². The average molecular weight is 244 g/mol. The molecule has 2 heterocycles. The minimum atomic E-state index is 0.154. The van der Waals surface area contributed by atoms with Crippen LogP contribution >= 0.6 is 23.2 Å². The van der Waals surface area contributed by atoms with Gasteiger partial charge in [0.15, 0.2) is 0 Å². The van der Waals surface area contributed by atoms with E-state index in [0.717, 1.165) is 5.76 Å². The van der Waals surface area contributed by atoms with Crippen LogP contribution in [0.1, 0.15) is 5.76 Å². The van der Waals surface area contributed by atoms with Crippen LogP contribution < -0.4 is 5.32 Å². The maximum absolute atomic E-state index is 5.86. The molecule has 2 aromatic rings. The molecule has 1 N–H and O–H groups in total. The number of nitrogens with zero attached hydrogens (tertiary/aromatic N) is 2. The molecule has 0 saturated heterocycles. The third-order valence-electron chi connectivity index (χ3n) is 1.72. The predicted molar refractivity (Wildman–Crippen MR) is 58.1 cm³/mol. The Morgan fingerprint density at radius 1 is 1.40 bits per heavy atom. The molecule has 4 nitrogen and oxygen atoms in total. The first-order chi connectivity index (χ1) is 7.25. The average Bonchev–Trinajstić information content (AvgIpc) is 2.72. The number of rotatable bonds is 3. The number of halogens is 2. The third-order valence-corrected chi connectivity index (χ3v) is 2.18. The Labute approximate surface area is 96.2 Å². The lowest BCUT2D eigenvalue weighted by molar-refractivity contribution is 0.518. The number of furan rings is 1. The summed E-state index contributed by atoms with van der Waals surface area (Å²) < 4.78 is 5.14. The smallest absolute Gasteiger partial charge is 0.224 e. The van der Waals surface area contributed by atoms with Crippen molar-refractivity contribution in [1.29, 1.82) is 0 Å². The van der Waals surface area contributed by atoms with E-state index < -0.39 is 0 Å². The fourth-order valence-corrected chi connectivity index (χ4v) is 1.34. The van der Waals surface area contributed by atoms with Crippen LogP contribution in [0.5, 0.6) is 0 Å². The molecule has 2 rings (SSSR count). The van der Waals surface area contributed by atoms with Crippen molar-refractivity contribution in [2.45, 2.75) is 6.54 Å². The Balaban J connectivity index is 2.07.